The predicted octanol–water partition coefficient (Wildman–Crippen LogP) is 0.593. The Labute approximate surface area is 159 Å². The molecular formula is C17H25ClN2O5S. The fourth-order valence-electron chi connectivity index (χ4n) is 3.70. The molecule has 0 amide bonds. The maximum Gasteiger partial charge on any atom is 0.240 e. The maximum atomic E-state index is 12.5. The molecule has 0 spiro atoms. The summed E-state index contributed by atoms with van der Waals surface area (Å²) in [5.41, 5.74) is 0. The van der Waals surface area contributed by atoms with Crippen LogP contribution in [0.4, 0.5) is 0 Å². The average molecular weight is 405 g/mol. The Morgan fingerprint density at radius 2 is 1.81 bits per heavy atom. The second-order valence-electron chi connectivity index (χ2n) is 6.78. The minimum atomic E-state index is -3.71. The van der Waals surface area contributed by atoms with Gasteiger partial charge in [0, 0.05) is 11.6 Å². The number of hydrogen-bond acceptors (Lipinski definition) is 6. The lowest BCUT2D eigenvalue weighted by Gasteiger charge is -2.36. The van der Waals surface area contributed by atoms with Crippen molar-refractivity contribution in [2.24, 2.45) is 0 Å². The summed E-state index contributed by atoms with van der Waals surface area (Å²) in [6.45, 7) is 1.40. The minimum Gasteiger partial charge on any atom is -0.394 e. The standard InChI is InChI=1S/C17H25ClN2O5S/c18-12-4-6-13(7-5-12)26(23,24)19-10-14-16(17(22)15(11-21)25-14)20-8-2-1-3-9-20/h4-7,14-17,19,21-22H,1-3,8-11H2/t14-,15+,16+,17-/m1/s1. The second-order valence-corrected chi connectivity index (χ2v) is 8.98. The Kier molecular flexibility index (Phi) is 6.55. The summed E-state index contributed by atoms with van der Waals surface area (Å²) in [5, 5.41) is 20.4. The van der Waals surface area contributed by atoms with Crippen molar-refractivity contribution in [2.45, 2.75) is 48.5 Å². The van der Waals surface area contributed by atoms with Gasteiger partial charge in [0.15, 0.2) is 0 Å². The third kappa shape index (κ3) is 4.39. The van der Waals surface area contributed by atoms with Gasteiger partial charge in [0.25, 0.3) is 0 Å². The van der Waals surface area contributed by atoms with Crippen molar-refractivity contribution in [3.05, 3.63) is 29.3 Å². The molecule has 0 aliphatic carbocycles. The van der Waals surface area contributed by atoms with Gasteiger partial charge >= 0.3 is 0 Å². The van der Waals surface area contributed by atoms with E-state index in [0.29, 0.717) is 5.02 Å². The summed E-state index contributed by atoms with van der Waals surface area (Å²) in [7, 11) is -3.71. The molecular weight excluding hydrogens is 380 g/mol. The van der Waals surface area contributed by atoms with Gasteiger partial charge in [0.05, 0.1) is 23.6 Å². The van der Waals surface area contributed by atoms with Crippen LogP contribution in [-0.4, -0.2) is 74.1 Å². The first kappa shape index (κ1) is 20.0. The van der Waals surface area contributed by atoms with Gasteiger partial charge in [-0.25, -0.2) is 13.1 Å². The Bertz CT molecular complexity index is 694. The van der Waals surface area contributed by atoms with Crippen LogP contribution in [0.15, 0.2) is 29.2 Å². The number of ether oxygens (including phenoxy) is 1. The number of aliphatic hydroxyl groups is 2. The van der Waals surface area contributed by atoms with Gasteiger partial charge in [0.2, 0.25) is 10.0 Å². The van der Waals surface area contributed by atoms with Crippen LogP contribution in [0.5, 0.6) is 0 Å². The van der Waals surface area contributed by atoms with E-state index in [4.69, 9.17) is 16.3 Å². The first-order valence-electron chi connectivity index (χ1n) is 8.86. The summed E-state index contributed by atoms with van der Waals surface area (Å²) in [4.78, 5) is 2.26. The number of likely N-dealkylation sites (tertiary alicyclic amines) is 1. The Hall–Kier alpha value is -0.740. The molecule has 2 aliphatic heterocycles. The topological polar surface area (TPSA) is 99.1 Å². The van der Waals surface area contributed by atoms with Gasteiger partial charge in [-0.1, -0.05) is 18.0 Å². The molecule has 0 radical (unpaired) electrons. The van der Waals surface area contributed by atoms with E-state index in [0.717, 1.165) is 32.4 Å². The molecule has 2 fully saturated rings. The molecule has 0 saturated carbocycles. The number of halogens is 1. The number of sulfonamides is 1. The molecule has 9 heteroatoms. The van der Waals surface area contributed by atoms with Gasteiger partial charge in [-0.2, -0.15) is 0 Å². The molecule has 1 aromatic rings. The number of nitrogens with one attached hydrogen (secondary N) is 1. The van der Waals surface area contributed by atoms with Crippen LogP contribution in [-0.2, 0) is 14.8 Å². The van der Waals surface area contributed by atoms with Crippen molar-refractivity contribution in [3.8, 4) is 0 Å². The maximum absolute atomic E-state index is 12.5. The third-order valence-electron chi connectivity index (χ3n) is 5.05. The largest absolute Gasteiger partial charge is 0.394 e. The third-order valence-corrected chi connectivity index (χ3v) is 6.74. The van der Waals surface area contributed by atoms with Crippen molar-refractivity contribution < 1.29 is 23.4 Å². The molecule has 2 aliphatic rings. The smallest absolute Gasteiger partial charge is 0.240 e. The van der Waals surface area contributed by atoms with Crippen molar-refractivity contribution in [2.75, 3.05) is 26.2 Å². The number of nitrogens with zero attached hydrogens (tertiary/aromatic N) is 1. The SMILES string of the molecule is O=S(=O)(NC[C@H]1O[C@@H](CO)[C@@H](O)[C@H]1N1CCCCC1)c1ccc(Cl)cc1. The Morgan fingerprint density at radius 3 is 2.42 bits per heavy atom. The van der Waals surface area contributed by atoms with Gasteiger partial charge in [-0.15, -0.1) is 0 Å². The second kappa shape index (κ2) is 8.52. The number of benzene rings is 1. The van der Waals surface area contributed by atoms with Gasteiger partial charge in [-0.3, -0.25) is 4.90 Å². The quantitative estimate of drug-likeness (QED) is 0.642. The summed E-state index contributed by atoms with van der Waals surface area (Å²) in [6, 6.07) is 5.58. The highest BCUT2D eigenvalue weighted by Crippen LogP contribution is 2.28. The lowest BCUT2D eigenvalue weighted by atomic mass is 9.99. The molecule has 0 bridgehead atoms. The molecule has 2 saturated heterocycles. The molecule has 1 aromatic carbocycles. The molecule has 2 heterocycles. The van der Waals surface area contributed by atoms with Gasteiger partial charge in [-0.05, 0) is 50.2 Å². The van der Waals surface area contributed by atoms with E-state index in [1.54, 1.807) is 0 Å². The highest BCUT2D eigenvalue weighted by molar-refractivity contribution is 7.89. The summed E-state index contributed by atoms with van der Waals surface area (Å²) >= 11 is 5.80. The summed E-state index contributed by atoms with van der Waals surface area (Å²) < 4.78 is 33.3. The van der Waals surface area contributed by atoms with E-state index in [1.807, 2.05) is 0 Å². The molecule has 0 aromatic heterocycles. The van der Waals surface area contributed by atoms with E-state index in [2.05, 4.69) is 9.62 Å². The van der Waals surface area contributed by atoms with Crippen LogP contribution in [0, 0.1) is 0 Å². The van der Waals surface area contributed by atoms with E-state index in [1.165, 1.54) is 24.3 Å². The van der Waals surface area contributed by atoms with Gasteiger partial charge < -0.3 is 14.9 Å². The van der Waals surface area contributed by atoms with E-state index in [-0.39, 0.29) is 24.1 Å². The molecule has 7 nitrogen and oxygen atoms in total. The van der Waals surface area contributed by atoms with Crippen LogP contribution < -0.4 is 4.72 Å². The van der Waals surface area contributed by atoms with Crippen molar-refractivity contribution in [1.29, 1.82) is 0 Å². The van der Waals surface area contributed by atoms with Crippen LogP contribution in [0.2, 0.25) is 5.02 Å². The highest BCUT2D eigenvalue weighted by atomic mass is 35.5. The van der Waals surface area contributed by atoms with E-state index >= 15 is 0 Å². The number of aliphatic hydroxyl groups excluding tert-OH is 2. The zero-order chi connectivity index (χ0) is 18.7. The first-order valence-corrected chi connectivity index (χ1v) is 10.7. The molecule has 146 valence electrons. The zero-order valence-electron chi connectivity index (χ0n) is 14.4. The fourth-order valence-corrected chi connectivity index (χ4v) is 4.87. The number of hydrogen-bond donors (Lipinski definition) is 3. The van der Waals surface area contributed by atoms with Crippen molar-refractivity contribution in [1.82, 2.24) is 9.62 Å². The fraction of sp³-hybridized carbons (Fsp3) is 0.647. The summed E-state index contributed by atoms with van der Waals surface area (Å²) in [5.74, 6) is 0. The first-order chi connectivity index (χ1) is 12.4. The zero-order valence-corrected chi connectivity index (χ0v) is 16.0. The molecule has 3 rings (SSSR count). The number of piperidine rings is 1. The van der Waals surface area contributed by atoms with E-state index in [9.17, 15) is 18.6 Å². The predicted molar refractivity (Wildman–Crippen MR) is 97.6 cm³/mol. The normalized spacial score (nSPS) is 30.6. The lowest BCUT2D eigenvalue weighted by molar-refractivity contribution is -0.0201. The van der Waals surface area contributed by atoms with Crippen LogP contribution in [0.1, 0.15) is 19.3 Å². The molecule has 26 heavy (non-hydrogen) atoms. The molecule has 4 atom stereocenters. The van der Waals surface area contributed by atoms with Crippen molar-refractivity contribution >= 4 is 21.6 Å². The average Bonchev–Trinajstić information content (AvgIpc) is 2.97. The monoisotopic (exact) mass is 404 g/mol. The van der Waals surface area contributed by atoms with Crippen LogP contribution >= 0.6 is 11.6 Å². The minimum absolute atomic E-state index is 0.0275. The molecule has 0 unspecified atom stereocenters. The highest BCUT2D eigenvalue weighted by Gasteiger charge is 2.46. The Balaban J connectivity index is 1.70. The van der Waals surface area contributed by atoms with Crippen molar-refractivity contribution in [3.63, 3.8) is 0 Å². The van der Waals surface area contributed by atoms with E-state index < -0.39 is 28.3 Å². The molecule has 3 N–H and O–H groups in total. The number of rotatable bonds is 6. The Morgan fingerprint density at radius 1 is 1.15 bits per heavy atom. The lowest BCUT2D eigenvalue weighted by Crippen LogP contribution is -2.52. The van der Waals surface area contributed by atoms with Crippen LogP contribution in [0.3, 0.4) is 0 Å². The van der Waals surface area contributed by atoms with Gasteiger partial charge in [0.1, 0.15) is 12.2 Å². The van der Waals surface area contributed by atoms with Crippen LogP contribution in [0.25, 0.3) is 0 Å². The summed E-state index contributed by atoms with van der Waals surface area (Å²) in [6.07, 6.45) is 1.15.